The minimum absolute atomic E-state index is 0.0702. The van der Waals surface area contributed by atoms with Crippen LogP contribution in [0.3, 0.4) is 0 Å². The molecule has 2 aliphatic rings. The van der Waals surface area contributed by atoms with Gasteiger partial charge in [-0.05, 0) is 51.8 Å². The number of benzene rings is 1. The van der Waals surface area contributed by atoms with Gasteiger partial charge in [-0.2, -0.15) is 0 Å². The molecule has 5 rings (SSSR count). The van der Waals surface area contributed by atoms with E-state index in [9.17, 15) is 4.21 Å². The normalized spacial score (nSPS) is 26.2. The third kappa shape index (κ3) is 3.88. The van der Waals surface area contributed by atoms with E-state index in [2.05, 4.69) is 24.5 Å². The van der Waals surface area contributed by atoms with E-state index in [1.165, 1.54) is 18.5 Å². The molecule has 1 aliphatic heterocycles. The van der Waals surface area contributed by atoms with Gasteiger partial charge in [0.25, 0.3) is 0 Å². The molecule has 11 heteroatoms. The fourth-order valence-electron chi connectivity index (χ4n) is 3.94. The van der Waals surface area contributed by atoms with Crippen LogP contribution in [0.4, 0.5) is 4.39 Å². The molecule has 3 heterocycles. The van der Waals surface area contributed by atoms with Crippen molar-refractivity contribution in [3.05, 3.63) is 53.1 Å². The zero-order valence-corrected chi connectivity index (χ0v) is 20.5. The molecule has 3 aromatic rings. The monoisotopic (exact) mass is 502 g/mol. The van der Waals surface area contributed by atoms with Crippen molar-refractivity contribution in [1.82, 2.24) is 15.1 Å². The Balaban J connectivity index is 1.56. The Labute approximate surface area is 202 Å². The van der Waals surface area contributed by atoms with Gasteiger partial charge in [0.15, 0.2) is 17.3 Å². The summed E-state index contributed by atoms with van der Waals surface area (Å²) in [4.78, 5) is 12.9. The van der Waals surface area contributed by atoms with E-state index in [1.54, 1.807) is 39.0 Å². The first kappa shape index (κ1) is 22.9. The van der Waals surface area contributed by atoms with Gasteiger partial charge >= 0.3 is 0 Å². The summed E-state index contributed by atoms with van der Waals surface area (Å²) < 4.78 is 38.4. The lowest BCUT2D eigenvalue weighted by Gasteiger charge is -2.40. The summed E-state index contributed by atoms with van der Waals surface area (Å²) >= 11 is 5.85. The number of rotatable bonds is 4. The van der Waals surface area contributed by atoms with E-state index >= 15 is 4.39 Å². The summed E-state index contributed by atoms with van der Waals surface area (Å²) in [5.41, 5.74) is 6.41. The smallest absolute Gasteiger partial charge is 0.181 e. The van der Waals surface area contributed by atoms with E-state index in [-0.39, 0.29) is 23.2 Å². The summed E-state index contributed by atoms with van der Waals surface area (Å²) in [6.07, 6.45) is 4.75. The molecule has 1 aromatic carbocycles. The van der Waals surface area contributed by atoms with Crippen molar-refractivity contribution in [2.24, 2.45) is 15.1 Å². The molecule has 2 atom stereocenters. The van der Waals surface area contributed by atoms with E-state index in [1.807, 2.05) is 0 Å². The molecular weight excluding hydrogens is 479 g/mol. The van der Waals surface area contributed by atoms with Gasteiger partial charge in [-0.25, -0.2) is 22.9 Å². The number of hydrogen-bond acceptors (Lipinski definition) is 8. The first-order valence-electron chi connectivity index (χ1n) is 10.9. The Kier molecular flexibility index (Phi) is 5.29. The van der Waals surface area contributed by atoms with Gasteiger partial charge in [0.05, 0.1) is 26.5 Å². The number of aromatic nitrogens is 3. The highest BCUT2D eigenvalue weighted by Crippen LogP contribution is 2.42. The third-order valence-corrected chi connectivity index (χ3v) is 9.91. The van der Waals surface area contributed by atoms with Crippen molar-refractivity contribution in [1.29, 1.82) is 0 Å². The van der Waals surface area contributed by atoms with Crippen molar-refractivity contribution in [2.45, 2.75) is 49.9 Å². The summed E-state index contributed by atoms with van der Waals surface area (Å²) in [7, 11) is -2.80. The molecule has 1 aliphatic carbocycles. The maximum absolute atomic E-state index is 15.2. The molecule has 178 valence electrons. The predicted molar refractivity (Wildman–Crippen MR) is 129 cm³/mol. The number of aliphatic imine (C=N–C) groups is 1. The zero-order chi connectivity index (χ0) is 24.3. The molecule has 2 N–H and O–H groups in total. The molecular formula is C23H24ClFN6O2S. The summed E-state index contributed by atoms with van der Waals surface area (Å²) in [5, 5.41) is 4.43. The molecule has 1 fully saturated rings. The molecule has 1 saturated carbocycles. The highest BCUT2D eigenvalue weighted by atomic mass is 35.5. The number of halogens is 2. The van der Waals surface area contributed by atoms with Crippen LogP contribution in [0.5, 0.6) is 0 Å². The van der Waals surface area contributed by atoms with Crippen LogP contribution in [-0.4, -0.2) is 41.7 Å². The van der Waals surface area contributed by atoms with Gasteiger partial charge in [-0.1, -0.05) is 16.8 Å². The maximum Gasteiger partial charge on any atom is 0.181 e. The van der Waals surface area contributed by atoms with E-state index in [4.69, 9.17) is 21.9 Å². The van der Waals surface area contributed by atoms with Crippen molar-refractivity contribution in [2.75, 3.05) is 5.75 Å². The molecule has 0 amide bonds. The van der Waals surface area contributed by atoms with Crippen LogP contribution in [0.15, 0.2) is 50.5 Å². The Hall–Kier alpha value is -2.85. The average Bonchev–Trinajstić information content (AvgIpc) is 3.44. The standard InChI is InChI=1S/C23H24ClFN6O2S/c1-22(2)21(26)29-23(3,12-34(22,32)31-15-5-6-15)16-8-13(4-7-17(16)25)19-9-18(30-33-19)20-27-10-14(24)11-28-20/h4,7-11,15H,5-6,12H2,1-3H3,(H2,26,29)/t23-,34?/m0/s1. The Morgan fingerprint density at radius 1 is 1.21 bits per heavy atom. The second-order valence-corrected chi connectivity index (χ2v) is 12.6. The van der Waals surface area contributed by atoms with Crippen molar-refractivity contribution in [3.63, 3.8) is 0 Å². The van der Waals surface area contributed by atoms with Gasteiger partial charge in [-0.3, -0.25) is 4.99 Å². The number of nitrogens with zero attached hydrogens (tertiary/aromatic N) is 5. The topological polar surface area (TPSA) is 120 Å². The summed E-state index contributed by atoms with van der Waals surface area (Å²) in [6.45, 7) is 5.33. The van der Waals surface area contributed by atoms with E-state index in [0.29, 0.717) is 27.9 Å². The van der Waals surface area contributed by atoms with Crippen molar-refractivity contribution < 1.29 is 13.1 Å². The molecule has 0 saturated heterocycles. The largest absolute Gasteiger partial charge is 0.386 e. The molecule has 0 spiro atoms. The zero-order valence-electron chi connectivity index (χ0n) is 19.0. The van der Waals surface area contributed by atoms with Crippen LogP contribution in [0.25, 0.3) is 22.8 Å². The van der Waals surface area contributed by atoms with Crippen molar-refractivity contribution in [3.8, 4) is 22.8 Å². The second kappa shape index (κ2) is 7.84. The number of hydrogen-bond donors (Lipinski definition) is 1. The lowest BCUT2D eigenvalue weighted by molar-refractivity contribution is 0.434. The van der Waals surface area contributed by atoms with Crippen LogP contribution in [0, 0.1) is 5.82 Å². The lowest BCUT2D eigenvalue weighted by Crippen LogP contribution is -2.55. The Bertz CT molecular complexity index is 1420. The summed E-state index contributed by atoms with van der Waals surface area (Å²) in [5.74, 6) is 0.556. The molecule has 1 unspecified atom stereocenters. The van der Waals surface area contributed by atoms with Gasteiger partial charge in [0.1, 0.15) is 21.9 Å². The Morgan fingerprint density at radius 3 is 2.59 bits per heavy atom. The van der Waals surface area contributed by atoms with Crippen LogP contribution in [0.1, 0.15) is 39.2 Å². The fraction of sp³-hybridized carbons (Fsp3) is 0.391. The van der Waals surface area contributed by atoms with Gasteiger partial charge in [0.2, 0.25) is 0 Å². The predicted octanol–water partition coefficient (Wildman–Crippen LogP) is 4.59. The Morgan fingerprint density at radius 2 is 1.91 bits per heavy atom. The highest BCUT2D eigenvalue weighted by Gasteiger charge is 2.49. The molecule has 34 heavy (non-hydrogen) atoms. The SMILES string of the molecule is CC1(C)C(N)=N[C@](C)(c2cc(-c3cc(-c4ncc(Cl)cn4)no3)ccc2F)CS1(=O)=NC1CC1. The van der Waals surface area contributed by atoms with Crippen molar-refractivity contribution >= 4 is 27.2 Å². The summed E-state index contributed by atoms with van der Waals surface area (Å²) in [6, 6.07) is 6.29. The minimum atomic E-state index is -2.80. The van der Waals surface area contributed by atoms with Crippen LogP contribution in [0.2, 0.25) is 5.02 Å². The third-order valence-electron chi connectivity index (χ3n) is 6.32. The van der Waals surface area contributed by atoms with Gasteiger partial charge in [-0.15, -0.1) is 0 Å². The average molecular weight is 503 g/mol. The quantitative estimate of drug-likeness (QED) is 0.557. The highest BCUT2D eigenvalue weighted by molar-refractivity contribution is 7.95. The van der Waals surface area contributed by atoms with Crippen LogP contribution < -0.4 is 5.73 Å². The molecule has 0 bridgehead atoms. The van der Waals surface area contributed by atoms with Gasteiger partial charge in [0, 0.05) is 29.6 Å². The van der Waals surface area contributed by atoms with Crippen LogP contribution >= 0.6 is 11.6 Å². The fourth-order valence-corrected chi connectivity index (χ4v) is 6.78. The second-order valence-electron chi connectivity index (χ2n) is 9.40. The molecule has 0 radical (unpaired) electrons. The van der Waals surface area contributed by atoms with E-state index < -0.39 is 25.8 Å². The van der Waals surface area contributed by atoms with Gasteiger partial charge < -0.3 is 10.3 Å². The molecule has 8 nitrogen and oxygen atoms in total. The van der Waals surface area contributed by atoms with E-state index in [0.717, 1.165) is 12.8 Å². The minimum Gasteiger partial charge on any atom is -0.386 e. The number of nitrogens with two attached hydrogens (primary N) is 1. The first-order valence-corrected chi connectivity index (χ1v) is 12.9. The molecule has 2 aromatic heterocycles. The number of amidine groups is 1. The maximum atomic E-state index is 15.2. The van der Waals surface area contributed by atoms with Crippen LogP contribution in [-0.2, 0) is 15.3 Å². The first-order chi connectivity index (χ1) is 16.0. The lowest BCUT2D eigenvalue weighted by atomic mass is 9.91.